The molecule has 0 aromatic heterocycles. The molecule has 0 aliphatic heterocycles. The monoisotopic (exact) mass is 436 g/mol. The number of carbonyl (C=O) groups excluding carboxylic acids is 2. The van der Waals surface area contributed by atoms with Crippen LogP contribution in [0.4, 0.5) is 0 Å². The van der Waals surface area contributed by atoms with E-state index in [1.165, 1.54) is 11.1 Å². The van der Waals surface area contributed by atoms with E-state index in [2.05, 4.69) is 50.4 Å². The number of amides is 2. The van der Waals surface area contributed by atoms with Crippen molar-refractivity contribution in [1.82, 2.24) is 10.2 Å². The summed E-state index contributed by atoms with van der Waals surface area (Å²) in [5, 5.41) is 2.99. The number of hydrogen-bond acceptors (Lipinski definition) is 2. The van der Waals surface area contributed by atoms with Crippen molar-refractivity contribution in [3.63, 3.8) is 0 Å². The van der Waals surface area contributed by atoms with Gasteiger partial charge in [0.25, 0.3) is 0 Å². The molecule has 0 saturated carbocycles. The van der Waals surface area contributed by atoms with E-state index < -0.39 is 6.04 Å². The van der Waals surface area contributed by atoms with Crippen LogP contribution < -0.4 is 5.32 Å². The van der Waals surface area contributed by atoms with Crippen molar-refractivity contribution in [3.05, 3.63) is 70.8 Å². The van der Waals surface area contributed by atoms with Crippen LogP contribution in [-0.4, -0.2) is 28.8 Å². The molecular formula is C28H40N2O2. The van der Waals surface area contributed by atoms with Gasteiger partial charge in [0.05, 0.1) is 0 Å². The average molecular weight is 437 g/mol. The predicted octanol–water partition coefficient (Wildman–Crippen LogP) is 5.56. The van der Waals surface area contributed by atoms with Crippen molar-refractivity contribution in [2.75, 3.05) is 0 Å². The Balaban J connectivity index is 2.18. The molecular weight excluding hydrogens is 396 g/mol. The van der Waals surface area contributed by atoms with E-state index in [0.29, 0.717) is 25.8 Å². The molecule has 0 aliphatic rings. The Kier molecular flexibility index (Phi) is 9.06. The lowest BCUT2D eigenvalue weighted by atomic mass is 9.86. The molecule has 4 heteroatoms. The molecule has 1 N–H and O–H groups in total. The number of nitrogens with zero attached hydrogens (tertiary/aromatic N) is 1. The second-order valence-corrected chi connectivity index (χ2v) is 10.0. The highest BCUT2D eigenvalue weighted by atomic mass is 16.2. The number of benzene rings is 2. The maximum Gasteiger partial charge on any atom is 0.243 e. The molecule has 2 amide bonds. The van der Waals surface area contributed by atoms with E-state index in [0.717, 1.165) is 11.1 Å². The first-order valence-electron chi connectivity index (χ1n) is 11.8. The second kappa shape index (κ2) is 11.3. The zero-order valence-corrected chi connectivity index (χ0v) is 20.9. The molecule has 0 aliphatic carbocycles. The van der Waals surface area contributed by atoms with Crippen molar-refractivity contribution in [2.24, 2.45) is 0 Å². The Morgan fingerprint density at radius 2 is 1.50 bits per heavy atom. The molecule has 0 spiro atoms. The van der Waals surface area contributed by atoms with Crippen molar-refractivity contribution in [3.8, 4) is 0 Å². The summed E-state index contributed by atoms with van der Waals surface area (Å²) in [6.07, 6.45) is 1.62. The molecule has 2 aromatic carbocycles. The van der Waals surface area contributed by atoms with Crippen LogP contribution in [0.1, 0.15) is 76.6 Å². The normalized spacial score (nSPS) is 12.5. The fourth-order valence-electron chi connectivity index (χ4n) is 3.76. The number of nitrogens with one attached hydrogen (secondary N) is 1. The summed E-state index contributed by atoms with van der Waals surface area (Å²) in [5.41, 5.74) is 4.74. The van der Waals surface area contributed by atoms with Crippen LogP contribution >= 0.6 is 0 Å². The molecule has 2 rings (SSSR count). The first kappa shape index (κ1) is 25.6. The third kappa shape index (κ3) is 7.51. The van der Waals surface area contributed by atoms with Crippen LogP contribution in [0.15, 0.2) is 48.5 Å². The highest BCUT2D eigenvalue weighted by Crippen LogP contribution is 2.23. The lowest BCUT2D eigenvalue weighted by Crippen LogP contribution is -2.50. The highest BCUT2D eigenvalue weighted by Gasteiger charge is 2.28. The molecule has 174 valence electrons. The van der Waals surface area contributed by atoms with Crippen molar-refractivity contribution < 1.29 is 9.59 Å². The molecule has 0 bridgehead atoms. The minimum Gasteiger partial charge on any atom is -0.352 e. The average Bonchev–Trinajstić information content (AvgIpc) is 2.72. The van der Waals surface area contributed by atoms with Crippen LogP contribution in [0.5, 0.6) is 0 Å². The third-order valence-corrected chi connectivity index (χ3v) is 5.74. The van der Waals surface area contributed by atoms with Crippen molar-refractivity contribution in [1.29, 1.82) is 0 Å². The van der Waals surface area contributed by atoms with Crippen LogP contribution in [0.25, 0.3) is 0 Å². The summed E-state index contributed by atoms with van der Waals surface area (Å²) < 4.78 is 0. The Morgan fingerprint density at radius 1 is 0.938 bits per heavy atom. The van der Waals surface area contributed by atoms with Gasteiger partial charge in [0, 0.05) is 19.0 Å². The Hall–Kier alpha value is -2.62. The fraction of sp³-hybridized carbons (Fsp3) is 0.500. The SMILES string of the molecule is CC[C@@H](C(=O)NC(C)C)N(Cc1ccc(C)cc1)C(=O)CCc1ccc(C(C)(C)C)cc1. The molecule has 0 unspecified atom stereocenters. The Morgan fingerprint density at radius 3 is 2.00 bits per heavy atom. The van der Waals surface area contributed by atoms with E-state index in [9.17, 15) is 9.59 Å². The summed E-state index contributed by atoms with van der Waals surface area (Å²) in [7, 11) is 0. The first-order valence-corrected chi connectivity index (χ1v) is 11.8. The van der Waals surface area contributed by atoms with Gasteiger partial charge in [-0.2, -0.15) is 0 Å². The van der Waals surface area contributed by atoms with Gasteiger partial charge in [0.2, 0.25) is 11.8 Å². The van der Waals surface area contributed by atoms with E-state index in [4.69, 9.17) is 0 Å². The summed E-state index contributed by atoms with van der Waals surface area (Å²) in [6.45, 7) is 14.9. The van der Waals surface area contributed by atoms with Gasteiger partial charge in [-0.1, -0.05) is 81.8 Å². The highest BCUT2D eigenvalue weighted by molar-refractivity contribution is 5.87. The number of hydrogen-bond donors (Lipinski definition) is 1. The lowest BCUT2D eigenvalue weighted by Gasteiger charge is -2.31. The summed E-state index contributed by atoms with van der Waals surface area (Å²) in [6, 6.07) is 16.2. The fourth-order valence-corrected chi connectivity index (χ4v) is 3.76. The second-order valence-electron chi connectivity index (χ2n) is 10.0. The number of carbonyl (C=O) groups is 2. The van der Waals surface area contributed by atoms with Gasteiger partial charge in [-0.15, -0.1) is 0 Å². The van der Waals surface area contributed by atoms with Crippen LogP contribution in [-0.2, 0) is 28.0 Å². The largest absolute Gasteiger partial charge is 0.352 e. The van der Waals surface area contributed by atoms with Gasteiger partial charge in [-0.25, -0.2) is 0 Å². The molecule has 0 fully saturated rings. The van der Waals surface area contributed by atoms with Crippen LogP contribution in [0, 0.1) is 6.92 Å². The molecule has 0 radical (unpaired) electrons. The summed E-state index contributed by atoms with van der Waals surface area (Å²) in [5.74, 6) is -0.0753. The molecule has 1 atom stereocenters. The standard InChI is InChI=1S/C28H40N2O2/c1-8-25(27(32)29-20(2)3)30(19-23-11-9-21(4)10-12-23)26(31)18-15-22-13-16-24(17-14-22)28(5,6)7/h9-14,16-17,20,25H,8,15,18-19H2,1-7H3,(H,29,32)/t25-/m0/s1. The predicted molar refractivity (Wildman–Crippen MR) is 133 cm³/mol. The maximum atomic E-state index is 13.4. The maximum absolute atomic E-state index is 13.4. The van der Waals surface area contributed by atoms with Crippen LogP contribution in [0.3, 0.4) is 0 Å². The van der Waals surface area contributed by atoms with Crippen molar-refractivity contribution in [2.45, 2.75) is 91.8 Å². The lowest BCUT2D eigenvalue weighted by molar-refractivity contribution is -0.141. The number of rotatable bonds is 9. The van der Waals surface area contributed by atoms with E-state index >= 15 is 0 Å². The van der Waals surface area contributed by atoms with E-state index in [1.54, 1.807) is 4.90 Å². The summed E-state index contributed by atoms with van der Waals surface area (Å²) >= 11 is 0. The quantitative estimate of drug-likeness (QED) is 0.560. The zero-order valence-electron chi connectivity index (χ0n) is 20.9. The van der Waals surface area contributed by atoms with Gasteiger partial charge < -0.3 is 10.2 Å². The van der Waals surface area contributed by atoms with Gasteiger partial charge in [0.1, 0.15) is 6.04 Å². The van der Waals surface area contributed by atoms with Crippen LogP contribution in [0.2, 0.25) is 0 Å². The summed E-state index contributed by atoms with van der Waals surface area (Å²) in [4.78, 5) is 28.0. The minimum absolute atomic E-state index is 0.0104. The molecule has 0 heterocycles. The molecule has 0 saturated heterocycles. The van der Waals surface area contributed by atoms with E-state index in [1.807, 2.05) is 52.0 Å². The Bertz CT molecular complexity index is 877. The molecule has 2 aromatic rings. The number of aryl methyl sites for hydroxylation is 2. The van der Waals surface area contributed by atoms with E-state index in [-0.39, 0.29) is 23.3 Å². The first-order chi connectivity index (χ1) is 15.0. The van der Waals surface area contributed by atoms with Gasteiger partial charge in [0.15, 0.2) is 0 Å². The Labute approximate surface area is 194 Å². The zero-order chi connectivity index (χ0) is 23.9. The topological polar surface area (TPSA) is 49.4 Å². The van der Waals surface area contributed by atoms with Gasteiger partial charge in [-0.3, -0.25) is 9.59 Å². The smallest absolute Gasteiger partial charge is 0.243 e. The minimum atomic E-state index is -0.477. The van der Waals surface area contributed by atoms with Gasteiger partial charge >= 0.3 is 0 Å². The molecule has 4 nitrogen and oxygen atoms in total. The van der Waals surface area contributed by atoms with Crippen molar-refractivity contribution >= 4 is 11.8 Å². The van der Waals surface area contributed by atoms with Gasteiger partial charge in [-0.05, 0) is 55.7 Å². The third-order valence-electron chi connectivity index (χ3n) is 5.74. The molecule has 32 heavy (non-hydrogen) atoms.